The molecule has 0 saturated heterocycles. The van der Waals surface area contributed by atoms with E-state index in [2.05, 4.69) is 0 Å². The Labute approximate surface area is 94.9 Å². The second kappa shape index (κ2) is 4.61. The molecule has 0 spiro atoms. The van der Waals surface area contributed by atoms with Gasteiger partial charge in [0.15, 0.2) is 0 Å². The van der Waals surface area contributed by atoms with E-state index in [1.54, 1.807) is 0 Å². The van der Waals surface area contributed by atoms with Gasteiger partial charge in [-0.15, -0.1) is 3.89 Å². The summed E-state index contributed by atoms with van der Waals surface area (Å²) < 4.78 is 70.3. The van der Waals surface area contributed by atoms with Crippen LogP contribution in [0.15, 0.2) is 24.3 Å². The third-order valence-corrected chi connectivity index (χ3v) is 2.70. The highest BCUT2D eigenvalue weighted by molar-refractivity contribution is 7.86. The highest BCUT2D eigenvalue weighted by atomic mass is 32.3. The van der Waals surface area contributed by atoms with Gasteiger partial charge in [-0.1, -0.05) is 18.2 Å². The van der Waals surface area contributed by atoms with Crippen LogP contribution >= 0.6 is 0 Å². The largest absolute Gasteiger partial charge is 0.416 e. The van der Waals surface area contributed by atoms with Crippen LogP contribution in [0.25, 0.3) is 0 Å². The van der Waals surface area contributed by atoms with Crippen LogP contribution in [-0.2, 0) is 16.4 Å². The molecule has 1 N–H and O–H groups in total. The second-order valence-electron chi connectivity index (χ2n) is 3.31. The molecule has 17 heavy (non-hydrogen) atoms. The Bertz CT molecular complexity index is 495. The normalized spacial score (nSPS) is 14.6. The van der Waals surface area contributed by atoms with Gasteiger partial charge >= 0.3 is 16.4 Å². The molecular weight excluding hydrogens is 264 g/mol. The maximum absolute atomic E-state index is 12.5. The second-order valence-corrected chi connectivity index (χ2v) is 4.72. The lowest BCUT2D eigenvalue weighted by atomic mass is 10.0. The van der Waals surface area contributed by atoms with Gasteiger partial charge in [-0.25, -0.2) is 0 Å². The molecule has 1 aromatic rings. The Morgan fingerprint density at radius 3 is 2.24 bits per heavy atom. The van der Waals surface area contributed by atoms with Gasteiger partial charge in [0.05, 0.1) is 11.7 Å². The number of aliphatic hydroxyl groups is 1. The third kappa shape index (κ3) is 3.97. The lowest BCUT2D eigenvalue weighted by Gasteiger charge is -2.15. The molecular formula is C9H8F4O3S. The fraction of sp³-hybridized carbons (Fsp3) is 0.333. The number of benzene rings is 1. The Morgan fingerprint density at radius 2 is 1.76 bits per heavy atom. The summed E-state index contributed by atoms with van der Waals surface area (Å²) in [5, 5.41) is 9.28. The van der Waals surface area contributed by atoms with E-state index in [4.69, 9.17) is 0 Å². The number of rotatable bonds is 3. The molecule has 0 heterocycles. The Balaban J connectivity index is 3.14. The number of alkyl halides is 3. The van der Waals surface area contributed by atoms with Crippen molar-refractivity contribution in [1.29, 1.82) is 0 Å². The summed E-state index contributed by atoms with van der Waals surface area (Å²) in [6, 6.07) is 3.86. The van der Waals surface area contributed by atoms with Crippen molar-refractivity contribution in [2.75, 3.05) is 5.75 Å². The predicted molar refractivity (Wildman–Crippen MR) is 51.3 cm³/mol. The first-order valence-electron chi connectivity index (χ1n) is 4.38. The molecule has 0 aliphatic rings. The molecule has 0 fully saturated rings. The molecule has 1 unspecified atom stereocenters. The molecule has 1 rings (SSSR count). The van der Waals surface area contributed by atoms with Crippen molar-refractivity contribution < 1.29 is 30.6 Å². The molecule has 1 atom stereocenters. The van der Waals surface area contributed by atoms with E-state index in [-0.39, 0.29) is 0 Å². The average Bonchev–Trinajstić information content (AvgIpc) is 2.13. The zero-order chi connectivity index (χ0) is 13.3. The number of halogens is 4. The maximum Gasteiger partial charge on any atom is 0.416 e. The molecule has 8 heteroatoms. The van der Waals surface area contributed by atoms with Gasteiger partial charge in [0.25, 0.3) is 0 Å². The molecule has 1 aromatic carbocycles. The van der Waals surface area contributed by atoms with E-state index >= 15 is 0 Å². The summed E-state index contributed by atoms with van der Waals surface area (Å²) in [4.78, 5) is 0. The molecule has 0 bridgehead atoms. The van der Waals surface area contributed by atoms with Crippen molar-refractivity contribution in [3.8, 4) is 0 Å². The van der Waals surface area contributed by atoms with Crippen molar-refractivity contribution in [2.45, 2.75) is 12.3 Å². The van der Waals surface area contributed by atoms with Crippen LogP contribution in [0, 0.1) is 0 Å². The van der Waals surface area contributed by atoms with E-state index in [1.807, 2.05) is 0 Å². The smallest absolute Gasteiger partial charge is 0.387 e. The molecule has 0 amide bonds. The predicted octanol–water partition coefficient (Wildman–Crippen LogP) is 2.04. The average molecular weight is 272 g/mol. The summed E-state index contributed by atoms with van der Waals surface area (Å²) >= 11 is 0. The van der Waals surface area contributed by atoms with Crippen LogP contribution in [0.3, 0.4) is 0 Å². The highest BCUT2D eigenvalue weighted by Crippen LogP contribution is 2.34. The van der Waals surface area contributed by atoms with E-state index in [0.29, 0.717) is 6.07 Å². The standard InChI is InChI=1S/C9H8F4O3S/c10-9(11,12)7-4-2-1-3-6(7)8(14)5-17(13,15)16/h1-4,8,14H,5H2. The molecule has 0 aromatic heterocycles. The minimum absolute atomic E-state index is 0.666. The van der Waals surface area contributed by atoms with E-state index in [1.165, 1.54) is 6.07 Å². The number of hydrogen-bond donors (Lipinski definition) is 1. The molecule has 96 valence electrons. The van der Waals surface area contributed by atoms with Crippen LogP contribution in [-0.4, -0.2) is 19.3 Å². The Kier molecular flexibility index (Phi) is 3.78. The first-order chi connectivity index (χ1) is 7.61. The Morgan fingerprint density at radius 1 is 1.24 bits per heavy atom. The minimum Gasteiger partial charge on any atom is -0.387 e. The molecule has 3 nitrogen and oxygen atoms in total. The van der Waals surface area contributed by atoms with Crippen LogP contribution in [0.4, 0.5) is 17.1 Å². The summed E-state index contributed by atoms with van der Waals surface area (Å²) in [5.41, 5.74) is -1.85. The van der Waals surface area contributed by atoms with Gasteiger partial charge in [-0.2, -0.15) is 21.6 Å². The Hall–Kier alpha value is -1.15. The van der Waals surface area contributed by atoms with E-state index < -0.39 is 39.4 Å². The zero-order valence-electron chi connectivity index (χ0n) is 8.28. The maximum atomic E-state index is 12.5. The van der Waals surface area contributed by atoms with Crippen molar-refractivity contribution >= 4 is 10.2 Å². The SMILES string of the molecule is O=S(=O)(F)CC(O)c1ccccc1C(F)(F)F. The zero-order valence-corrected chi connectivity index (χ0v) is 9.09. The van der Waals surface area contributed by atoms with E-state index in [9.17, 15) is 30.6 Å². The van der Waals surface area contributed by atoms with E-state index in [0.717, 1.165) is 12.1 Å². The lowest BCUT2D eigenvalue weighted by molar-refractivity contribution is -0.139. The third-order valence-electron chi connectivity index (χ3n) is 1.98. The summed E-state index contributed by atoms with van der Waals surface area (Å²) in [6.45, 7) is 0. The summed E-state index contributed by atoms with van der Waals surface area (Å²) in [7, 11) is -5.05. The van der Waals surface area contributed by atoms with Gasteiger partial charge in [0.2, 0.25) is 0 Å². The molecule has 0 aliphatic heterocycles. The molecule has 0 saturated carbocycles. The van der Waals surface area contributed by atoms with Crippen molar-refractivity contribution in [3.05, 3.63) is 35.4 Å². The van der Waals surface area contributed by atoms with Crippen LogP contribution in [0.5, 0.6) is 0 Å². The number of hydrogen-bond acceptors (Lipinski definition) is 3. The first-order valence-corrected chi connectivity index (χ1v) is 5.93. The summed E-state index contributed by atoms with van der Waals surface area (Å²) in [6.07, 6.45) is -6.79. The highest BCUT2D eigenvalue weighted by Gasteiger charge is 2.35. The fourth-order valence-corrected chi connectivity index (χ4v) is 1.88. The van der Waals surface area contributed by atoms with Gasteiger partial charge in [-0.05, 0) is 11.6 Å². The van der Waals surface area contributed by atoms with Gasteiger partial charge in [-0.3, -0.25) is 0 Å². The monoisotopic (exact) mass is 272 g/mol. The fourth-order valence-electron chi connectivity index (χ4n) is 1.32. The van der Waals surface area contributed by atoms with Crippen molar-refractivity contribution in [2.24, 2.45) is 0 Å². The summed E-state index contributed by atoms with van der Waals surface area (Å²) in [5.74, 6) is -1.40. The lowest BCUT2D eigenvalue weighted by Crippen LogP contribution is -2.16. The minimum atomic E-state index is -5.05. The van der Waals surface area contributed by atoms with Crippen LogP contribution in [0.1, 0.15) is 17.2 Å². The van der Waals surface area contributed by atoms with Crippen LogP contribution < -0.4 is 0 Å². The van der Waals surface area contributed by atoms with Gasteiger partial charge < -0.3 is 5.11 Å². The van der Waals surface area contributed by atoms with Gasteiger partial charge in [0.1, 0.15) is 5.75 Å². The van der Waals surface area contributed by atoms with Crippen molar-refractivity contribution in [1.82, 2.24) is 0 Å². The quantitative estimate of drug-likeness (QED) is 0.676. The van der Waals surface area contributed by atoms with Crippen molar-refractivity contribution in [3.63, 3.8) is 0 Å². The first kappa shape index (κ1) is 13.9. The molecule has 0 aliphatic carbocycles. The van der Waals surface area contributed by atoms with Crippen LogP contribution in [0.2, 0.25) is 0 Å². The topological polar surface area (TPSA) is 54.4 Å². The van der Waals surface area contributed by atoms with Gasteiger partial charge in [0, 0.05) is 0 Å². The molecule has 0 radical (unpaired) electrons. The number of aliphatic hydroxyl groups excluding tert-OH is 1.